The van der Waals surface area contributed by atoms with Crippen LogP contribution in [0.1, 0.15) is 10.5 Å². The van der Waals surface area contributed by atoms with Crippen LogP contribution in [0.5, 0.6) is 0 Å². The minimum atomic E-state index is -0.988. The minimum absolute atomic E-state index is 0.0988. The molecule has 0 fully saturated rings. The molecule has 0 bridgehead atoms. The fourth-order valence-electron chi connectivity index (χ4n) is 1.96. The highest BCUT2D eigenvalue weighted by Gasteiger charge is 2.10. The predicted molar refractivity (Wildman–Crippen MR) is 86.1 cm³/mol. The van der Waals surface area contributed by atoms with Gasteiger partial charge in [-0.15, -0.1) is 0 Å². The third kappa shape index (κ3) is 3.70. The van der Waals surface area contributed by atoms with Crippen molar-refractivity contribution in [3.05, 3.63) is 78.1 Å². The predicted octanol–water partition coefficient (Wildman–Crippen LogP) is 3.75. The quantitative estimate of drug-likeness (QED) is 0.766. The number of hydrogen-bond donors (Lipinski definition) is 2. The Labute approximate surface area is 136 Å². The van der Waals surface area contributed by atoms with Crippen LogP contribution >= 0.6 is 0 Å². The smallest absolute Gasteiger partial charge is 0.274 e. The Bertz CT molecular complexity index is 871. The van der Waals surface area contributed by atoms with E-state index >= 15 is 0 Å². The Morgan fingerprint density at radius 2 is 1.71 bits per heavy atom. The molecule has 120 valence electrons. The molecule has 0 saturated carbocycles. The van der Waals surface area contributed by atoms with Crippen molar-refractivity contribution in [3.8, 4) is 0 Å². The van der Waals surface area contributed by atoms with E-state index in [4.69, 9.17) is 0 Å². The first-order chi connectivity index (χ1) is 11.6. The largest absolute Gasteiger partial charge is 0.324 e. The number of benzene rings is 2. The van der Waals surface area contributed by atoms with Gasteiger partial charge in [-0.05, 0) is 30.3 Å². The summed E-state index contributed by atoms with van der Waals surface area (Å²) in [5.74, 6) is -2.24. The molecule has 2 aromatic carbocycles. The SMILES string of the molecule is O=C(Nc1ccccc1)c1ccnc(Nc2ccc(F)c(F)c2)n1. The van der Waals surface area contributed by atoms with E-state index in [-0.39, 0.29) is 17.3 Å². The molecule has 1 amide bonds. The van der Waals surface area contributed by atoms with E-state index in [9.17, 15) is 13.6 Å². The van der Waals surface area contributed by atoms with Crippen LogP contribution in [0.15, 0.2) is 60.8 Å². The van der Waals surface area contributed by atoms with Crippen LogP contribution in [-0.4, -0.2) is 15.9 Å². The van der Waals surface area contributed by atoms with E-state index < -0.39 is 17.5 Å². The van der Waals surface area contributed by atoms with Gasteiger partial charge >= 0.3 is 0 Å². The van der Waals surface area contributed by atoms with Crippen LogP contribution in [0.2, 0.25) is 0 Å². The number of halogens is 2. The molecule has 3 aromatic rings. The van der Waals surface area contributed by atoms with Crippen molar-refractivity contribution >= 4 is 23.2 Å². The van der Waals surface area contributed by atoms with Crippen LogP contribution in [0.4, 0.5) is 26.1 Å². The molecule has 0 aliphatic carbocycles. The fourth-order valence-corrected chi connectivity index (χ4v) is 1.96. The van der Waals surface area contributed by atoms with Crippen molar-refractivity contribution < 1.29 is 13.6 Å². The Kier molecular flexibility index (Phi) is 4.42. The normalized spacial score (nSPS) is 10.2. The van der Waals surface area contributed by atoms with Crippen molar-refractivity contribution in [1.82, 2.24) is 9.97 Å². The van der Waals surface area contributed by atoms with Gasteiger partial charge in [0.15, 0.2) is 11.6 Å². The Morgan fingerprint density at radius 1 is 0.917 bits per heavy atom. The molecule has 5 nitrogen and oxygen atoms in total. The number of hydrogen-bond acceptors (Lipinski definition) is 4. The summed E-state index contributed by atoms with van der Waals surface area (Å²) < 4.78 is 26.1. The summed E-state index contributed by atoms with van der Waals surface area (Å²) in [5.41, 5.74) is 1.05. The lowest BCUT2D eigenvalue weighted by Crippen LogP contribution is -2.14. The maximum Gasteiger partial charge on any atom is 0.274 e. The third-order valence-electron chi connectivity index (χ3n) is 3.10. The van der Waals surface area contributed by atoms with Crippen LogP contribution in [0.3, 0.4) is 0 Å². The Morgan fingerprint density at radius 3 is 2.46 bits per heavy atom. The number of carbonyl (C=O) groups is 1. The first-order valence-corrected chi connectivity index (χ1v) is 7.03. The van der Waals surface area contributed by atoms with E-state index in [1.54, 1.807) is 24.3 Å². The summed E-state index contributed by atoms with van der Waals surface area (Å²) in [7, 11) is 0. The lowest BCUT2D eigenvalue weighted by molar-refractivity contribution is 0.102. The average molecular weight is 326 g/mol. The first kappa shape index (κ1) is 15.5. The molecule has 0 atom stereocenters. The number of nitrogens with zero attached hydrogens (tertiary/aromatic N) is 2. The monoisotopic (exact) mass is 326 g/mol. The van der Waals surface area contributed by atoms with Crippen LogP contribution in [-0.2, 0) is 0 Å². The third-order valence-corrected chi connectivity index (χ3v) is 3.10. The second kappa shape index (κ2) is 6.82. The van der Waals surface area contributed by atoms with Crippen molar-refractivity contribution in [2.45, 2.75) is 0 Å². The molecule has 0 saturated heterocycles. The molecule has 1 heterocycles. The van der Waals surface area contributed by atoms with Gasteiger partial charge in [0.25, 0.3) is 5.91 Å². The summed E-state index contributed by atoms with van der Waals surface area (Å²) in [4.78, 5) is 20.2. The van der Waals surface area contributed by atoms with Gasteiger partial charge in [0.2, 0.25) is 5.95 Å². The first-order valence-electron chi connectivity index (χ1n) is 7.03. The molecule has 24 heavy (non-hydrogen) atoms. The number of anilines is 3. The van der Waals surface area contributed by atoms with Gasteiger partial charge in [-0.25, -0.2) is 18.7 Å². The van der Waals surface area contributed by atoms with Crippen molar-refractivity contribution in [3.63, 3.8) is 0 Å². The minimum Gasteiger partial charge on any atom is -0.324 e. The number of nitrogens with one attached hydrogen (secondary N) is 2. The Balaban J connectivity index is 1.76. The van der Waals surface area contributed by atoms with Gasteiger partial charge in [0, 0.05) is 23.6 Å². The van der Waals surface area contributed by atoms with E-state index in [0.29, 0.717) is 5.69 Å². The summed E-state index contributed by atoms with van der Waals surface area (Å²) in [6, 6.07) is 13.7. The number of para-hydroxylation sites is 1. The maximum atomic E-state index is 13.2. The number of carbonyl (C=O) groups excluding carboxylic acids is 1. The summed E-state index contributed by atoms with van der Waals surface area (Å²) >= 11 is 0. The lowest BCUT2D eigenvalue weighted by Gasteiger charge is -2.07. The molecule has 0 aliphatic heterocycles. The molecule has 0 radical (unpaired) electrons. The van der Waals surface area contributed by atoms with Gasteiger partial charge in [0.1, 0.15) is 5.69 Å². The van der Waals surface area contributed by atoms with E-state index in [1.165, 1.54) is 18.3 Å². The highest BCUT2D eigenvalue weighted by atomic mass is 19.2. The van der Waals surface area contributed by atoms with Gasteiger partial charge < -0.3 is 10.6 Å². The zero-order chi connectivity index (χ0) is 16.9. The van der Waals surface area contributed by atoms with E-state index in [0.717, 1.165) is 12.1 Å². The van der Waals surface area contributed by atoms with Gasteiger partial charge in [-0.2, -0.15) is 0 Å². The lowest BCUT2D eigenvalue weighted by atomic mass is 10.3. The summed E-state index contributed by atoms with van der Waals surface area (Å²) in [6.07, 6.45) is 1.40. The van der Waals surface area contributed by atoms with Gasteiger partial charge in [-0.1, -0.05) is 18.2 Å². The van der Waals surface area contributed by atoms with Crippen molar-refractivity contribution in [2.24, 2.45) is 0 Å². The van der Waals surface area contributed by atoms with Crippen molar-refractivity contribution in [1.29, 1.82) is 0 Å². The molecule has 0 unspecified atom stereocenters. The molecular weight excluding hydrogens is 314 g/mol. The summed E-state index contributed by atoms with van der Waals surface area (Å²) in [5, 5.41) is 5.42. The van der Waals surface area contributed by atoms with Crippen molar-refractivity contribution in [2.75, 3.05) is 10.6 Å². The summed E-state index contributed by atoms with van der Waals surface area (Å²) in [6.45, 7) is 0. The second-order valence-corrected chi connectivity index (χ2v) is 4.84. The van der Waals surface area contributed by atoms with Crippen LogP contribution in [0, 0.1) is 11.6 Å². The van der Waals surface area contributed by atoms with E-state index in [1.807, 2.05) is 6.07 Å². The standard InChI is InChI=1S/C17H12F2N4O/c18-13-7-6-12(10-14(13)19)22-17-20-9-8-15(23-17)16(24)21-11-4-2-1-3-5-11/h1-10H,(H,21,24)(H,20,22,23). The van der Waals surface area contributed by atoms with Gasteiger partial charge in [0.05, 0.1) is 0 Å². The molecule has 3 rings (SSSR count). The zero-order valence-electron chi connectivity index (χ0n) is 12.3. The fraction of sp³-hybridized carbons (Fsp3) is 0. The molecular formula is C17H12F2N4O. The molecule has 2 N–H and O–H groups in total. The number of amides is 1. The van der Waals surface area contributed by atoms with Crippen LogP contribution < -0.4 is 10.6 Å². The van der Waals surface area contributed by atoms with Crippen LogP contribution in [0.25, 0.3) is 0 Å². The molecule has 1 aromatic heterocycles. The van der Waals surface area contributed by atoms with Gasteiger partial charge in [-0.3, -0.25) is 4.79 Å². The highest BCUT2D eigenvalue weighted by molar-refractivity contribution is 6.02. The average Bonchev–Trinajstić information content (AvgIpc) is 2.59. The molecule has 0 spiro atoms. The maximum absolute atomic E-state index is 13.2. The van der Waals surface area contributed by atoms with E-state index in [2.05, 4.69) is 20.6 Å². The Hall–Kier alpha value is -3.35. The number of aromatic nitrogens is 2. The topological polar surface area (TPSA) is 66.9 Å². The number of rotatable bonds is 4. The molecule has 0 aliphatic rings. The highest BCUT2D eigenvalue weighted by Crippen LogP contribution is 2.16. The second-order valence-electron chi connectivity index (χ2n) is 4.84. The molecule has 7 heteroatoms. The zero-order valence-corrected chi connectivity index (χ0v) is 12.3.